The van der Waals surface area contributed by atoms with Gasteiger partial charge in [0.05, 0.1) is 7.11 Å². The highest BCUT2D eigenvalue weighted by molar-refractivity contribution is 5.81. The second-order valence-electron chi connectivity index (χ2n) is 3.41. The number of benzene rings is 1. The highest BCUT2D eigenvalue weighted by Crippen LogP contribution is 2.16. The van der Waals surface area contributed by atoms with Crippen LogP contribution in [0.5, 0.6) is 5.75 Å². The summed E-state index contributed by atoms with van der Waals surface area (Å²) in [5, 5.41) is 0. The van der Waals surface area contributed by atoms with E-state index in [-0.39, 0.29) is 5.91 Å². The molecule has 1 aromatic rings. The van der Waals surface area contributed by atoms with Crippen LogP contribution < -0.4 is 4.74 Å². The Kier molecular flexibility index (Phi) is 2.39. The van der Waals surface area contributed by atoms with E-state index in [4.69, 9.17) is 4.74 Å². The molecule has 3 heteroatoms. The third kappa shape index (κ3) is 1.71. The number of likely N-dealkylation sites (tertiary alicyclic amines) is 1. The molecule has 1 aromatic carbocycles. The van der Waals surface area contributed by atoms with E-state index < -0.39 is 0 Å². The predicted octanol–water partition coefficient (Wildman–Crippen LogP) is 1.43. The molecule has 0 spiro atoms. The largest absolute Gasteiger partial charge is 0.497 e. The van der Waals surface area contributed by atoms with Gasteiger partial charge in [0.1, 0.15) is 5.75 Å². The van der Waals surface area contributed by atoms with Crippen molar-refractivity contribution in [1.82, 2.24) is 4.90 Å². The maximum absolute atomic E-state index is 11.1. The molecule has 0 unspecified atom stereocenters. The first-order valence-corrected chi connectivity index (χ1v) is 4.70. The van der Waals surface area contributed by atoms with Crippen molar-refractivity contribution in [3.63, 3.8) is 0 Å². The predicted molar refractivity (Wildman–Crippen MR) is 53.0 cm³/mol. The standard InChI is InChI=1S/C11H13NO2/c1-14-10-4-2-9(3-5-10)8-12-7-6-11(12)13/h2-5H,6-8H2,1H3. The maximum Gasteiger partial charge on any atom is 0.224 e. The third-order valence-electron chi connectivity index (χ3n) is 2.48. The number of hydrogen-bond donors (Lipinski definition) is 0. The molecule has 1 aliphatic heterocycles. The average Bonchev–Trinajstić information content (AvgIpc) is 2.24. The van der Waals surface area contributed by atoms with Crippen LogP contribution in [0, 0.1) is 0 Å². The molecule has 0 atom stereocenters. The molecule has 0 aliphatic carbocycles. The first-order valence-electron chi connectivity index (χ1n) is 4.70. The van der Waals surface area contributed by atoms with Gasteiger partial charge in [0, 0.05) is 19.5 Å². The third-order valence-corrected chi connectivity index (χ3v) is 2.48. The smallest absolute Gasteiger partial charge is 0.224 e. The number of nitrogens with zero attached hydrogens (tertiary/aromatic N) is 1. The van der Waals surface area contributed by atoms with E-state index >= 15 is 0 Å². The van der Waals surface area contributed by atoms with Crippen molar-refractivity contribution >= 4 is 5.91 Å². The van der Waals surface area contributed by atoms with Gasteiger partial charge in [-0.2, -0.15) is 0 Å². The second kappa shape index (κ2) is 3.70. The zero-order valence-electron chi connectivity index (χ0n) is 8.19. The normalized spacial score (nSPS) is 15.2. The Morgan fingerprint density at radius 2 is 2.07 bits per heavy atom. The number of hydrogen-bond acceptors (Lipinski definition) is 2. The fourth-order valence-electron chi connectivity index (χ4n) is 1.48. The minimum Gasteiger partial charge on any atom is -0.497 e. The molecule has 1 fully saturated rings. The van der Waals surface area contributed by atoms with Gasteiger partial charge in [0.15, 0.2) is 0 Å². The van der Waals surface area contributed by atoms with Crippen molar-refractivity contribution < 1.29 is 9.53 Å². The summed E-state index contributed by atoms with van der Waals surface area (Å²) in [6.45, 7) is 1.62. The molecule has 0 bridgehead atoms. The lowest BCUT2D eigenvalue weighted by Gasteiger charge is -2.30. The van der Waals surface area contributed by atoms with Gasteiger partial charge >= 0.3 is 0 Å². The molecule has 74 valence electrons. The molecular formula is C11H13NO2. The maximum atomic E-state index is 11.1. The number of ether oxygens (including phenoxy) is 1. The Hall–Kier alpha value is -1.51. The van der Waals surface area contributed by atoms with Crippen LogP contribution >= 0.6 is 0 Å². The van der Waals surface area contributed by atoms with Crippen molar-refractivity contribution in [2.75, 3.05) is 13.7 Å². The fraction of sp³-hybridized carbons (Fsp3) is 0.364. The monoisotopic (exact) mass is 191 g/mol. The fourth-order valence-corrected chi connectivity index (χ4v) is 1.48. The molecule has 14 heavy (non-hydrogen) atoms. The summed E-state index contributed by atoms with van der Waals surface area (Å²) >= 11 is 0. The highest BCUT2D eigenvalue weighted by atomic mass is 16.5. The summed E-state index contributed by atoms with van der Waals surface area (Å²) in [5.74, 6) is 1.10. The Balaban J connectivity index is 1.99. The van der Waals surface area contributed by atoms with Crippen molar-refractivity contribution in [3.05, 3.63) is 29.8 Å². The topological polar surface area (TPSA) is 29.5 Å². The SMILES string of the molecule is COc1ccc(CN2CCC2=O)cc1. The average molecular weight is 191 g/mol. The van der Waals surface area contributed by atoms with E-state index in [1.54, 1.807) is 7.11 Å². The van der Waals surface area contributed by atoms with E-state index in [2.05, 4.69) is 0 Å². The molecule has 1 heterocycles. The molecule has 0 saturated carbocycles. The van der Waals surface area contributed by atoms with Gasteiger partial charge in [0.2, 0.25) is 5.91 Å². The molecule has 1 aliphatic rings. The van der Waals surface area contributed by atoms with Gasteiger partial charge in [-0.1, -0.05) is 12.1 Å². The Bertz CT molecular complexity index is 332. The minimum absolute atomic E-state index is 0.251. The number of β-lactam (4-membered cyclic amide) rings is 1. The van der Waals surface area contributed by atoms with Gasteiger partial charge in [-0.25, -0.2) is 0 Å². The lowest BCUT2D eigenvalue weighted by Crippen LogP contribution is -2.42. The van der Waals surface area contributed by atoms with Crippen LogP contribution in [0.15, 0.2) is 24.3 Å². The lowest BCUT2D eigenvalue weighted by atomic mass is 10.1. The zero-order chi connectivity index (χ0) is 9.97. The number of rotatable bonds is 3. The Morgan fingerprint density at radius 3 is 2.50 bits per heavy atom. The first kappa shape index (κ1) is 9.06. The van der Waals surface area contributed by atoms with Crippen LogP contribution in [0.3, 0.4) is 0 Å². The first-order chi connectivity index (χ1) is 6.79. The summed E-state index contributed by atoms with van der Waals surface area (Å²) in [6.07, 6.45) is 0.705. The van der Waals surface area contributed by atoms with E-state index in [0.29, 0.717) is 6.42 Å². The molecule has 1 saturated heterocycles. The van der Waals surface area contributed by atoms with Crippen molar-refractivity contribution in [1.29, 1.82) is 0 Å². The second-order valence-corrected chi connectivity index (χ2v) is 3.41. The van der Waals surface area contributed by atoms with Gasteiger partial charge in [-0.05, 0) is 17.7 Å². The van der Waals surface area contributed by atoms with E-state index in [1.165, 1.54) is 0 Å². The van der Waals surface area contributed by atoms with Crippen molar-refractivity contribution in [3.8, 4) is 5.75 Å². The van der Waals surface area contributed by atoms with E-state index in [9.17, 15) is 4.79 Å². The minimum atomic E-state index is 0.251. The molecule has 0 radical (unpaired) electrons. The van der Waals surface area contributed by atoms with Crippen LogP contribution in [0.1, 0.15) is 12.0 Å². The van der Waals surface area contributed by atoms with Crippen molar-refractivity contribution in [2.45, 2.75) is 13.0 Å². The number of amides is 1. The molecule has 0 aromatic heterocycles. The van der Waals surface area contributed by atoms with Crippen LogP contribution in [-0.4, -0.2) is 24.5 Å². The summed E-state index contributed by atoms with van der Waals surface area (Å²) in [4.78, 5) is 12.9. The summed E-state index contributed by atoms with van der Waals surface area (Å²) in [7, 11) is 1.65. The molecule has 2 rings (SSSR count). The van der Waals surface area contributed by atoms with Gasteiger partial charge in [-0.3, -0.25) is 4.79 Å². The molecule has 3 nitrogen and oxygen atoms in total. The summed E-state index contributed by atoms with van der Waals surface area (Å²) in [6, 6.07) is 7.81. The molecular weight excluding hydrogens is 178 g/mol. The zero-order valence-corrected chi connectivity index (χ0v) is 8.19. The van der Waals surface area contributed by atoms with Gasteiger partial charge in [0.25, 0.3) is 0 Å². The van der Waals surface area contributed by atoms with Crippen LogP contribution in [0.2, 0.25) is 0 Å². The molecule has 0 N–H and O–H groups in total. The highest BCUT2D eigenvalue weighted by Gasteiger charge is 2.23. The van der Waals surface area contributed by atoms with E-state index in [1.807, 2.05) is 29.2 Å². The van der Waals surface area contributed by atoms with E-state index in [0.717, 1.165) is 24.4 Å². The summed E-state index contributed by atoms with van der Waals surface area (Å²) in [5.41, 5.74) is 1.15. The number of carbonyl (C=O) groups excluding carboxylic acids is 1. The van der Waals surface area contributed by atoms with Gasteiger partial charge in [-0.15, -0.1) is 0 Å². The van der Waals surface area contributed by atoms with Crippen molar-refractivity contribution in [2.24, 2.45) is 0 Å². The number of methoxy groups -OCH3 is 1. The molecule has 1 amide bonds. The lowest BCUT2D eigenvalue weighted by molar-refractivity contribution is -0.140. The van der Waals surface area contributed by atoms with Crippen LogP contribution in [-0.2, 0) is 11.3 Å². The Morgan fingerprint density at radius 1 is 1.36 bits per heavy atom. The quantitative estimate of drug-likeness (QED) is 0.676. The number of carbonyl (C=O) groups is 1. The van der Waals surface area contributed by atoms with Gasteiger partial charge < -0.3 is 9.64 Å². The van der Waals surface area contributed by atoms with Crippen LogP contribution in [0.4, 0.5) is 0 Å². The van der Waals surface area contributed by atoms with Crippen LogP contribution in [0.25, 0.3) is 0 Å². The Labute approximate surface area is 83.3 Å². The summed E-state index contributed by atoms with van der Waals surface area (Å²) < 4.78 is 5.06.